The zero-order valence-electron chi connectivity index (χ0n) is 16.8. The van der Waals surface area contributed by atoms with E-state index in [1.165, 1.54) is 0 Å². The summed E-state index contributed by atoms with van der Waals surface area (Å²) in [6.45, 7) is 2.06. The van der Waals surface area contributed by atoms with Crippen molar-refractivity contribution in [3.8, 4) is 39.7 Å². The van der Waals surface area contributed by atoms with Crippen LogP contribution in [0.3, 0.4) is 0 Å². The molecule has 4 aromatic rings. The summed E-state index contributed by atoms with van der Waals surface area (Å²) < 4.78 is 12.4. The number of nitrogens with zero attached hydrogens (tertiary/aromatic N) is 2. The number of rotatable bonds is 5. The summed E-state index contributed by atoms with van der Waals surface area (Å²) >= 11 is 12.8. The minimum absolute atomic E-state index is 0.568. The van der Waals surface area contributed by atoms with Gasteiger partial charge in [0.05, 0.1) is 36.3 Å². The molecule has 1 heterocycles. The molecule has 4 rings (SSSR count). The van der Waals surface area contributed by atoms with Gasteiger partial charge in [0.1, 0.15) is 11.5 Å². The van der Waals surface area contributed by atoms with E-state index in [-0.39, 0.29) is 0 Å². The van der Waals surface area contributed by atoms with E-state index >= 15 is 0 Å². The molecule has 0 saturated carbocycles. The normalized spacial score (nSPS) is 10.8. The summed E-state index contributed by atoms with van der Waals surface area (Å²) in [5.74, 6) is 1.59. The van der Waals surface area contributed by atoms with Crippen molar-refractivity contribution in [3.63, 3.8) is 0 Å². The maximum absolute atomic E-state index is 6.53. The first-order chi connectivity index (χ1) is 14.5. The Morgan fingerprint density at radius 1 is 0.767 bits per heavy atom. The minimum Gasteiger partial charge on any atom is -0.497 e. The highest BCUT2D eigenvalue weighted by molar-refractivity contribution is 6.34. The van der Waals surface area contributed by atoms with Crippen LogP contribution in [0.1, 0.15) is 5.56 Å². The first kappa shape index (κ1) is 20.3. The number of aromatic nitrogens is 2. The van der Waals surface area contributed by atoms with Crippen molar-refractivity contribution >= 4 is 23.2 Å². The van der Waals surface area contributed by atoms with Gasteiger partial charge in [-0.15, -0.1) is 0 Å². The first-order valence-corrected chi connectivity index (χ1v) is 10.1. The second-order valence-corrected chi connectivity index (χ2v) is 7.63. The van der Waals surface area contributed by atoms with Crippen LogP contribution < -0.4 is 9.47 Å². The zero-order valence-corrected chi connectivity index (χ0v) is 18.3. The highest BCUT2D eigenvalue weighted by Gasteiger charge is 2.20. The predicted molar refractivity (Wildman–Crippen MR) is 122 cm³/mol. The highest BCUT2D eigenvalue weighted by Crippen LogP contribution is 2.37. The SMILES string of the molecule is COc1ccc(-c2nn(-c3cc(Cl)ccc3Cl)c(-c3ccc(OC)cc3)c2C)cc1. The zero-order chi connectivity index (χ0) is 21.3. The average Bonchev–Trinajstić information content (AvgIpc) is 3.12. The minimum atomic E-state index is 0.568. The van der Waals surface area contributed by atoms with Crippen molar-refractivity contribution in [1.29, 1.82) is 0 Å². The molecule has 0 aliphatic carbocycles. The van der Waals surface area contributed by atoms with Crippen LogP contribution in [0, 0.1) is 6.92 Å². The highest BCUT2D eigenvalue weighted by atomic mass is 35.5. The fourth-order valence-corrected chi connectivity index (χ4v) is 3.79. The number of halogens is 2. The summed E-state index contributed by atoms with van der Waals surface area (Å²) in [7, 11) is 3.30. The van der Waals surface area contributed by atoms with Gasteiger partial charge in [0.25, 0.3) is 0 Å². The Morgan fingerprint density at radius 3 is 1.90 bits per heavy atom. The molecule has 4 nitrogen and oxygen atoms in total. The molecule has 152 valence electrons. The molecule has 0 spiro atoms. The molecule has 0 N–H and O–H groups in total. The van der Waals surface area contributed by atoms with Crippen molar-refractivity contribution in [1.82, 2.24) is 9.78 Å². The van der Waals surface area contributed by atoms with Crippen LogP contribution in [-0.2, 0) is 0 Å². The number of hydrogen-bond acceptors (Lipinski definition) is 3. The maximum atomic E-state index is 6.53. The topological polar surface area (TPSA) is 36.3 Å². The number of hydrogen-bond donors (Lipinski definition) is 0. The lowest BCUT2D eigenvalue weighted by Gasteiger charge is -2.11. The average molecular weight is 439 g/mol. The maximum Gasteiger partial charge on any atom is 0.118 e. The molecule has 3 aromatic carbocycles. The molecule has 1 aromatic heterocycles. The van der Waals surface area contributed by atoms with Gasteiger partial charge in [0.2, 0.25) is 0 Å². The Balaban J connectivity index is 1.95. The molecule has 6 heteroatoms. The van der Waals surface area contributed by atoms with E-state index in [4.69, 9.17) is 37.8 Å². The van der Waals surface area contributed by atoms with Crippen molar-refractivity contribution in [2.45, 2.75) is 6.92 Å². The van der Waals surface area contributed by atoms with Crippen molar-refractivity contribution < 1.29 is 9.47 Å². The van der Waals surface area contributed by atoms with E-state index in [1.807, 2.05) is 59.3 Å². The van der Waals surface area contributed by atoms with Crippen LogP contribution in [0.4, 0.5) is 0 Å². The van der Waals surface area contributed by atoms with E-state index in [2.05, 4.69) is 6.92 Å². The lowest BCUT2D eigenvalue weighted by molar-refractivity contribution is 0.414. The molecule has 0 aliphatic heterocycles. The van der Waals surface area contributed by atoms with E-state index in [0.717, 1.165) is 45.3 Å². The lowest BCUT2D eigenvalue weighted by atomic mass is 10.0. The van der Waals surface area contributed by atoms with Crippen LogP contribution in [0.5, 0.6) is 11.5 Å². The number of methoxy groups -OCH3 is 2. The van der Waals surface area contributed by atoms with Gasteiger partial charge < -0.3 is 9.47 Å². The fraction of sp³-hybridized carbons (Fsp3) is 0.125. The Labute approximate surface area is 185 Å². The molecular formula is C24H20Cl2N2O2. The summed E-state index contributed by atoms with van der Waals surface area (Å²) in [5, 5.41) is 6.09. The smallest absolute Gasteiger partial charge is 0.118 e. The number of ether oxygens (including phenoxy) is 2. The predicted octanol–water partition coefficient (Wildman–Crippen LogP) is 6.84. The van der Waals surface area contributed by atoms with Crippen molar-refractivity contribution in [3.05, 3.63) is 82.3 Å². The second kappa shape index (κ2) is 8.42. The van der Waals surface area contributed by atoms with Crippen LogP contribution in [0.25, 0.3) is 28.2 Å². The lowest BCUT2D eigenvalue weighted by Crippen LogP contribution is -2.01. The molecule has 0 radical (unpaired) electrons. The molecule has 0 amide bonds. The van der Waals surface area contributed by atoms with Crippen LogP contribution >= 0.6 is 23.2 Å². The van der Waals surface area contributed by atoms with Gasteiger partial charge in [-0.25, -0.2) is 4.68 Å². The van der Waals surface area contributed by atoms with Crippen LogP contribution in [-0.4, -0.2) is 24.0 Å². The van der Waals surface area contributed by atoms with E-state index in [0.29, 0.717) is 10.0 Å². The Hall–Kier alpha value is -2.95. The van der Waals surface area contributed by atoms with Crippen molar-refractivity contribution in [2.24, 2.45) is 0 Å². The molecule has 0 aliphatic rings. The quantitative estimate of drug-likeness (QED) is 0.342. The monoisotopic (exact) mass is 438 g/mol. The summed E-state index contributed by atoms with van der Waals surface area (Å²) in [4.78, 5) is 0. The largest absolute Gasteiger partial charge is 0.497 e. The molecule has 0 atom stereocenters. The summed E-state index contributed by atoms with van der Waals surface area (Å²) in [6.07, 6.45) is 0. The van der Waals surface area contributed by atoms with Gasteiger partial charge in [0.15, 0.2) is 0 Å². The summed E-state index contributed by atoms with van der Waals surface area (Å²) in [6, 6.07) is 21.1. The van der Waals surface area contributed by atoms with Crippen LogP contribution in [0.15, 0.2) is 66.7 Å². The number of benzene rings is 3. The van der Waals surface area contributed by atoms with E-state index < -0.39 is 0 Å². The third kappa shape index (κ3) is 3.76. The first-order valence-electron chi connectivity index (χ1n) is 9.35. The second-order valence-electron chi connectivity index (χ2n) is 6.79. The Morgan fingerprint density at radius 2 is 1.33 bits per heavy atom. The molecule has 30 heavy (non-hydrogen) atoms. The molecule has 0 saturated heterocycles. The molecular weight excluding hydrogens is 419 g/mol. The Kier molecular flexibility index (Phi) is 5.71. The summed E-state index contributed by atoms with van der Waals surface area (Å²) in [5.41, 5.74) is 5.53. The fourth-order valence-electron chi connectivity index (χ4n) is 3.43. The van der Waals surface area contributed by atoms with Crippen LogP contribution in [0.2, 0.25) is 10.0 Å². The molecule has 0 fully saturated rings. The van der Waals surface area contributed by atoms with E-state index in [1.54, 1.807) is 26.4 Å². The van der Waals surface area contributed by atoms with Gasteiger partial charge in [-0.3, -0.25) is 0 Å². The molecule has 0 bridgehead atoms. The standard InChI is InChI=1S/C24H20Cl2N2O2/c1-15-23(16-4-9-19(29-2)10-5-16)27-28(22-14-18(25)8-13-21(22)26)24(15)17-6-11-20(30-3)12-7-17/h4-14H,1-3H3. The van der Waals surface area contributed by atoms with Gasteiger partial charge in [0, 0.05) is 21.7 Å². The van der Waals surface area contributed by atoms with E-state index in [9.17, 15) is 0 Å². The van der Waals surface area contributed by atoms with Gasteiger partial charge in [-0.05, 0) is 73.7 Å². The Bertz CT molecular complexity index is 1180. The van der Waals surface area contributed by atoms with Gasteiger partial charge in [-0.2, -0.15) is 5.10 Å². The molecule has 0 unspecified atom stereocenters. The van der Waals surface area contributed by atoms with Gasteiger partial charge >= 0.3 is 0 Å². The van der Waals surface area contributed by atoms with Gasteiger partial charge in [-0.1, -0.05) is 23.2 Å². The third-order valence-corrected chi connectivity index (χ3v) is 5.54. The van der Waals surface area contributed by atoms with Crippen molar-refractivity contribution in [2.75, 3.05) is 14.2 Å². The third-order valence-electron chi connectivity index (χ3n) is 4.99.